The van der Waals surface area contributed by atoms with Gasteiger partial charge in [-0.25, -0.2) is 4.79 Å². The molecule has 0 heterocycles. The number of benzene rings is 1. The number of hydrogen-bond acceptors (Lipinski definition) is 5. The molecule has 0 aliphatic rings. The Kier molecular flexibility index (Phi) is 7.02. The van der Waals surface area contributed by atoms with E-state index in [9.17, 15) is 4.79 Å². The summed E-state index contributed by atoms with van der Waals surface area (Å²) in [4.78, 5) is 11.4. The number of carbonyl (C=O) groups is 1. The van der Waals surface area contributed by atoms with E-state index < -0.39 is 0 Å². The van der Waals surface area contributed by atoms with E-state index in [1.807, 2.05) is 31.2 Å². The van der Waals surface area contributed by atoms with Crippen molar-refractivity contribution < 1.29 is 23.7 Å². The molecule has 0 bridgehead atoms. The minimum atomic E-state index is -0.352. The first-order valence-electron chi connectivity index (χ1n) is 6.88. The van der Waals surface area contributed by atoms with Gasteiger partial charge in [-0.2, -0.15) is 0 Å². The summed E-state index contributed by atoms with van der Waals surface area (Å²) in [6, 6.07) is 3.66. The Hall–Kier alpha value is -2.43. The Balaban J connectivity index is 3.02. The molecule has 22 heavy (non-hydrogen) atoms. The monoisotopic (exact) mass is 306 g/mol. The van der Waals surface area contributed by atoms with Crippen LogP contribution in [0.4, 0.5) is 0 Å². The molecule has 5 heteroatoms. The van der Waals surface area contributed by atoms with Gasteiger partial charge in [-0.1, -0.05) is 12.2 Å². The van der Waals surface area contributed by atoms with Crippen LogP contribution in [0.2, 0.25) is 0 Å². The maximum Gasteiger partial charge on any atom is 0.330 e. The molecule has 0 radical (unpaired) electrons. The number of methoxy groups -OCH3 is 3. The maximum absolute atomic E-state index is 11.4. The summed E-state index contributed by atoms with van der Waals surface area (Å²) in [6.07, 6.45) is 5.12. The van der Waals surface area contributed by atoms with E-state index in [1.165, 1.54) is 6.08 Å². The van der Waals surface area contributed by atoms with Crippen LogP contribution < -0.4 is 14.2 Å². The molecule has 0 saturated heterocycles. The second-order valence-electron chi connectivity index (χ2n) is 4.43. The number of esters is 1. The van der Waals surface area contributed by atoms with E-state index in [1.54, 1.807) is 28.3 Å². The normalized spacial score (nSPS) is 11.4. The van der Waals surface area contributed by atoms with Crippen LogP contribution in [0.3, 0.4) is 0 Å². The first-order valence-corrected chi connectivity index (χ1v) is 6.88. The average Bonchev–Trinajstić information content (AvgIpc) is 2.51. The summed E-state index contributed by atoms with van der Waals surface area (Å²) in [5.74, 6) is 1.34. The molecular weight excluding hydrogens is 284 g/mol. The summed E-state index contributed by atoms with van der Waals surface area (Å²) < 4.78 is 20.7. The van der Waals surface area contributed by atoms with Gasteiger partial charge in [-0.3, -0.25) is 0 Å². The Morgan fingerprint density at radius 3 is 2.14 bits per heavy atom. The van der Waals surface area contributed by atoms with Crippen LogP contribution in [0.5, 0.6) is 17.2 Å². The summed E-state index contributed by atoms with van der Waals surface area (Å²) in [6.45, 7) is 3.96. The second kappa shape index (κ2) is 8.77. The van der Waals surface area contributed by atoms with Crippen LogP contribution >= 0.6 is 0 Å². The number of ether oxygens (including phenoxy) is 4. The zero-order chi connectivity index (χ0) is 16.5. The van der Waals surface area contributed by atoms with Crippen LogP contribution in [0.25, 0.3) is 6.08 Å². The first kappa shape index (κ1) is 17.6. The second-order valence-corrected chi connectivity index (χ2v) is 4.43. The lowest BCUT2D eigenvalue weighted by molar-refractivity contribution is -0.137. The van der Waals surface area contributed by atoms with Gasteiger partial charge >= 0.3 is 5.97 Å². The maximum atomic E-state index is 11.4. The number of rotatable bonds is 7. The van der Waals surface area contributed by atoms with Crippen LogP contribution in [0, 0.1) is 0 Å². The molecule has 0 atom stereocenters. The largest absolute Gasteiger partial charge is 0.493 e. The number of allylic oxidation sites excluding steroid dienone is 2. The van der Waals surface area contributed by atoms with Crippen molar-refractivity contribution in [3.8, 4) is 17.2 Å². The van der Waals surface area contributed by atoms with E-state index in [0.29, 0.717) is 23.9 Å². The predicted molar refractivity (Wildman–Crippen MR) is 85.5 cm³/mol. The van der Waals surface area contributed by atoms with E-state index >= 15 is 0 Å². The van der Waals surface area contributed by atoms with Crippen molar-refractivity contribution in [2.45, 2.75) is 13.8 Å². The topological polar surface area (TPSA) is 54.0 Å². The molecule has 0 fully saturated rings. The summed E-state index contributed by atoms with van der Waals surface area (Å²) >= 11 is 0. The SMILES string of the molecule is CCOC(=O)/C=C(C)/C=C/c1cc(OC)c(OC)c(OC)c1. The molecule has 1 aromatic rings. The van der Waals surface area contributed by atoms with E-state index in [4.69, 9.17) is 18.9 Å². The molecule has 0 amide bonds. The highest BCUT2D eigenvalue weighted by atomic mass is 16.5. The van der Waals surface area contributed by atoms with Gasteiger partial charge in [-0.15, -0.1) is 0 Å². The summed E-state index contributed by atoms with van der Waals surface area (Å²) in [5.41, 5.74) is 1.65. The molecule has 5 nitrogen and oxygen atoms in total. The van der Waals surface area contributed by atoms with Crippen LogP contribution in [-0.4, -0.2) is 33.9 Å². The smallest absolute Gasteiger partial charge is 0.330 e. The Labute approximate surface area is 131 Å². The zero-order valence-corrected chi connectivity index (χ0v) is 13.6. The Bertz CT molecular complexity index is 547. The van der Waals surface area contributed by atoms with Gasteiger partial charge in [0.15, 0.2) is 11.5 Å². The van der Waals surface area contributed by atoms with Crippen molar-refractivity contribution >= 4 is 12.0 Å². The summed E-state index contributed by atoms with van der Waals surface area (Å²) in [7, 11) is 4.69. The van der Waals surface area contributed by atoms with Crippen molar-refractivity contribution in [1.82, 2.24) is 0 Å². The van der Waals surface area contributed by atoms with Gasteiger partial charge in [0.05, 0.1) is 27.9 Å². The fraction of sp³-hybridized carbons (Fsp3) is 0.353. The fourth-order valence-electron chi connectivity index (χ4n) is 1.84. The third-order valence-corrected chi connectivity index (χ3v) is 2.86. The molecule has 0 saturated carbocycles. The van der Waals surface area contributed by atoms with Crippen LogP contribution in [0.1, 0.15) is 19.4 Å². The van der Waals surface area contributed by atoms with Gasteiger partial charge in [-0.05, 0) is 37.1 Å². The highest BCUT2D eigenvalue weighted by Crippen LogP contribution is 2.38. The van der Waals surface area contributed by atoms with Crippen molar-refractivity contribution in [2.24, 2.45) is 0 Å². The third kappa shape index (κ3) is 4.84. The van der Waals surface area contributed by atoms with Gasteiger partial charge < -0.3 is 18.9 Å². The van der Waals surface area contributed by atoms with Gasteiger partial charge in [0.25, 0.3) is 0 Å². The van der Waals surface area contributed by atoms with Crippen molar-refractivity contribution in [3.63, 3.8) is 0 Å². The quantitative estimate of drug-likeness (QED) is 0.440. The molecule has 1 rings (SSSR count). The molecule has 0 aliphatic carbocycles. The lowest BCUT2D eigenvalue weighted by Crippen LogP contribution is -1.99. The molecular formula is C17H22O5. The molecule has 1 aromatic carbocycles. The van der Waals surface area contributed by atoms with E-state index in [2.05, 4.69) is 0 Å². The first-order chi connectivity index (χ1) is 10.5. The third-order valence-electron chi connectivity index (χ3n) is 2.86. The molecule has 0 unspecified atom stereocenters. The van der Waals surface area contributed by atoms with Crippen molar-refractivity contribution in [2.75, 3.05) is 27.9 Å². The Morgan fingerprint density at radius 1 is 1.09 bits per heavy atom. The van der Waals surface area contributed by atoms with Gasteiger partial charge in [0.2, 0.25) is 5.75 Å². The highest BCUT2D eigenvalue weighted by molar-refractivity contribution is 5.83. The fourth-order valence-corrected chi connectivity index (χ4v) is 1.84. The number of hydrogen-bond donors (Lipinski definition) is 0. The molecule has 0 aliphatic heterocycles. The lowest BCUT2D eigenvalue weighted by Gasteiger charge is -2.12. The molecule has 120 valence electrons. The lowest BCUT2D eigenvalue weighted by atomic mass is 10.1. The molecule has 0 spiro atoms. The van der Waals surface area contributed by atoms with Gasteiger partial charge in [0.1, 0.15) is 0 Å². The minimum absolute atomic E-state index is 0.352. The number of carbonyl (C=O) groups excluding carboxylic acids is 1. The van der Waals surface area contributed by atoms with Crippen molar-refractivity contribution in [3.05, 3.63) is 35.4 Å². The van der Waals surface area contributed by atoms with E-state index in [-0.39, 0.29) is 5.97 Å². The van der Waals surface area contributed by atoms with E-state index in [0.717, 1.165) is 11.1 Å². The molecule has 0 aromatic heterocycles. The van der Waals surface area contributed by atoms with Crippen molar-refractivity contribution in [1.29, 1.82) is 0 Å². The highest BCUT2D eigenvalue weighted by Gasteiger charge is 2.11. The van der Waals surface area contributed by atoms with Crippen LogP contribution in [-0.2, 0) is 9.53 Å². The predicted octanol–water partition coefficient (Wildman–Crippen LogP) is 3.24. The Morgan fingerprint density at radius 2 is 1.68 bits per heavy atom. The summed E-state index contributed by atoms with van der Waals surface area (Å²) in [5, 5.41) is 0. The zero-order valence-electron chi connectivity index (χ0n) is 13.6. The average molecular weight is 306 g/mol. The molecule has 0 N–H and O–H groups in total. The van der Waals surface area contributed by atoms with Gasteiger partial charge in [0, 0.05) is 6.08 Å². The minimum Gasteiger partial charge on any atom is -0.493 e. The van der Waals surface area contributed by atoms with Crippen LogP contribution in [0.15, 0.2) is 29.9 Å². The standard InChI is InChI=1S/C17H22O5/c1-6-22-16(18)9-12(2)7-8-13-10-14(19-3)17(21-5)15(11-13)20-4/h7-11H,6H2,1-5H3/b8-7+,12-9+.